The molecule has 0 rings (SSSR count). The number of unbranched alkanes of at least 4 members (excludes halogenated alkanes) is 2. The molecule has 0 spiro atoms. The average molecular weight is 261 g/mol. The van der Waals surface area contributed by atoms with E-state index in [4.69, 9.17) is 4.55 Å². The van der Waals surface area contributed by atoms with Crippen LogP contribution in [0.3, 0.4) is 0 Å². The zero-order valence-corrected chi connectivity index (χ0v) is 9.85. The molecular formula is C9H20NNaO4S. The first-order valence-electron chi connectivity index (χ1n) is 5.13. The molecule has 2 N–H and O–H groups in total. The van der Waals surface area contributed by atoms with E-state index in [0.29, 0.717) is 6.42 Å². The van der Waals surface area contributed by atoms with Crippen molar-refractivity contribution >= 4 is 45.5 Å². The fourth-order valence-corrected chi connectivity index (χ4v) is 1.49. The Morgan fingerprint density at radius 1 is 1.31 bits per heavy atom. The van der Waals surface area contributed by atoms with E-state index in [2.05, 4.69) is 12.2 Å². The fourth-order valence-electron chi connectivity index (χ4n) is 1.09. The summed E-state index contributed by atoms with van der Waals surface area (Å²) in [6.07, 6.45) is 3.53. The molecule has 0 radical (unpaired) electrons. The summed E-state index contributed by atoms with van der Waals surface area (Å²) in [5.41, 5.74) is 0. The maximum absolute atomic E-state index is 11.2. The molecule has 0 aromatic rings. The van der Waals surface area contributed by atoms with Gasteiger partial charge in [0.2, 0.25) is 0 Å². The van der Waals surface area contributed by atoms with E-state index in [9.17, 15) is 13.2 Å². The van der Waals surface area contributed by atoms with Crippen LogP contribution < -0.4 is 5.32 Å². The van der Waals surface area contributed by atoms with Crippen LogP contribution in [-0.2, 0) is 14.9 Å². The van der Waals surface area contributed by atoms with Crippen LogP contribution in [-0.4, -0.2) is 67.2 Å². The average Bonchev–Trinajstić information content (AvgIpc) is 2.11. The minimum absolute atomic E-state index is 0. The van der Waals surface area contributed by atoms with Crippen LogP contribution in [0, 0.1) is 0 Å². The maximum atomic E-state index is 11.2. The van der Waals surface area contributed by atoms with Crippen molar-refractivity contribution in [3.8, 4) is 0 Å². The van der Waals surface area contributed by atoms with E-state index >= 15 is 0 Å². The second-order valence-corrected chi connectivity index (χ2v) is 5.03. The molecule has 0 aromatic heterocycles. The van der Waals surface area contributed by atoms with Gasteiger partial charge >= 0.3 is 29.6 Å². The Kier molecular flexibility index (Phi) is 12.6. The molecule has 92 valence electrons. The molecule has 0 aliphatic heterocycles. The van der Waals surface area contributed by atoms with Gasteiger partial charge in [0.05, 0.1) is 12.3 Å². The third kappa shape index (κ3) is 14.5. The molecular weight excluding hydrogens is 241 g/mol. The van der Waals surface area contributed by atoms with Crippen molar-refractivity contribution in [3.05, 3.63) is 0 Å². The van der Waals surface area contributed by atoms with Crippen molar-refractivity contribution in [1.29, 1.82) is 0 Å². The summed E-state index contributed by atoms with van der Waals surface area (Å²) >= 11 is 0. The van der Waals surface area contributed by atoms with Gasteiger partial charge in [-0.25, -0.2) is 0 Å². The molecule has 7 heteroatoms. The van der Waals surface area contributed by atoms with Crippen LogP contribution in [0.4, 0.5) is 0 Å². The monoisotopic (exact) mass is 261 g/mol. The van der Waals surface area contributed by atoms with Crippen molar-refractivity contribution in [2.24, 2.45) is 0 Å². The number of rotatable bonds is 9. The van der Waals surface area contributed by atoms with Crippen molar-refractivity contribution in [2.75, 3.05) is 18.8 Å². The zero-order valence-electron chi connectivity index (χ0n) is 9.03. The van der Waals surface area contributed by atoms with Gasteiger partial charge in [-0.2, -0.15) is 8.42 Å². The second-order valence-electron chi connectivity index (χ2n) is 3.46. The number of hydrogen-bond acceptors (Lipinski definition) is 4. The molecule has 0 heterocycles. The number of Topliss-reactive ketones (excluding diaryl/α,β-unsaturated/α-hetero) is 1. The van der Waals surface area contributed by atoms with Crippen LogP contribution in [0.25, 0.3) is 0 Å². The molecule has 0 bridgehead atoms. The summed E-state index contributed by atoms with van der Waals surface area (Å²) in [5.74, 6) is -0.270. The van der Waals surface area contributed by atoms with Crippen LogP contribution in [0.1, 0.15) is 32.6 Å². The van der Waals surface area contributed by atoms with Crippen molar-refractivity contribution in [1.82, 2.24) is 5.32 Å². The zero-order chi connectivity index (χ0) is 11.7. The molecule has 0 saturated carbocycles. The molecule has 0 fully saturated rings. The van der Waals surface area contributed by atoms with Gasteiger partial charge in [0, 0.05) is 13.0 Å². The molecule has 16 heavy (non-hydrogen) atoms. The summed E-state index contributed by atoms with van der Waals surface area (Å²) in [4.78, 5) is 11.2. The summed E-state index contributed by atoms with van der Waals surface area (Å²) < 4.78 is 29.0. The normalized spacial score (nSPS) is 10.9. The van der Waals surface area contributed by atoms with Gasteiger partial charge in [0.1, 0.15) is 5.78 Å². The first-order valence-corrected chi connectivity index (χ1v) is 6.74. The second kappa shape index (κ2) is 10.7. The number of carbonyl (C=O) groups is 1. The van der Waals surface area contributed by atoms with E-state index in [1.54, 1.807) is 0 Å². The third-order valence-corrected chi connectivity index (χ3v) is 2.64. The number of hydrogen-bond donors (Lipinski definition) is 2. The first-order chi connectivity index (χ1) is 6.95. The fraction of sp³-hybridized carbons (Fsp3) is 0.889. The van der Waals surface area contributed by atoms with Crippen molar-refractivity contribution in [3.63, 3.8) is 0 Å². The Morgan fingerprint density at radius 2 is 1.94 bits per heavy atom. The standard InChI is InChI=1S/C9H19NO4S.Na.H/c1-2-3-4-5-9(11)8-10-6-7-15(12,13)14;;/h10H,2-8H2,1H3,(H,12,13,14);;. The van der Waals surface area contributed by atoms with Gasteiger partial charge in [-0.15, -0.1) is 0 Å². The Labute approximate surface area is 119 Å². The predicted octanol–water partition coefficient (Wildman–Crippen LogP) is -0.0353. The van der Waals surface area contributed by atoms with Gasteiger partial charge < -0.3 is 5.32 Å². The van der Waals surface area contributed by atoms with E-state index in [-0.39, 0.29) is 54.2 Å². The first kappa shape index (κ1) is 18.9. The quantitative estimate of drug-likeness (QED) is 0.346. The van der Waals surface area contributed by atoms with E-state index in [1.165, 1.54) is 0 Å². The number of carbonyl (C=O) groups excluding carboxylic acids is 1. The molecule has 0 aromatic carbocycles. The van der Waals surface area contributed by atoms with Crippen LogP contribution in [0.15, 0.2) is 0 Å². The van der Waals surface area contributed by atoms with Crippen molar-refractivity contribution in [2.45, 2.75) is 32.6 Å². The minimum atomic E-state index is -3.92. The Bertz CT molecular complexity index is 279. The van der Waals surface area contributed by atoms with Gasteiger partial charge in [-0.1, -0.05) is 19.8 Å². The molecule has 5 nitrogen and oxygen atoms in total. The van der Waals surface area contributed by atoms with Gasteiger partial charge in [0.25, 0.3) is 10.1 Å². The van der Waals surface area contributed by atoms with E-state index in [0.717, 1.165) is 19.3 Å². The molecule has 0 saturated heterocycles. The Hall–Kier alpha value is 0.540. The number of ketones is 1. The SMILES string of the molecule is CCCCCC(=O)CNCCS(=O)(=O)O.[NaH]. The topological polar surface area (TPSA) is 83.5 Å². The predicted molar refractivity (Wildman–Crippen MR) is 65.6 cm³/mol. The van der Waals surface area contributed by atoms with Gasteiger partial charge in [-0.05, 0) is 6.42 Å². The van der Waals surface area contributed by atoms with Crippen LogP contribution in [0.5, 0.6) is 0 Å². The molecule has 0 aliphatic carbocycles. The summed E-state index contributed by atoms with van der Waals surface area (Å²) in [7, 11) is -3.92. The summed E-state index contributed by atoms with van der Waals surface area (Å²) in [6, 6.07) is 0. The molecule has 0 atom stereocenters. The molecule has 0 aliphatic rings. The van der Waals surface area contributed by atoms with Gasteiger partial charge in [-0.3, -0.25) is 9.35 Å². The Balaban J connectivity index is 0. The summed E-state index contributed by atoms with van der Waals surface area (Å²) in [5, 5.41) is 2.68. The Morgan fingerprint density at radius 3 is 2.44 bits per heavy atom. The third-order valence-electron chi connectivity index (χ3n) is 1.92. The van der Waals surface area contributed by atoms with E-state index < -0.39 is 10.1 Å². The van der Waals surface area contributed by atoms with Crippen LogP contribution in [0.2, 0.25) is 0 Å². The van der Waals surface area contributed by atoms with Gasteiger partial charge in [0.15, 0.2) is 0 Å². The van der Waals surface area contributed by atoms with Crippen LogP contribution >= 0.6 is 0 Å². The molecule has 0 unspecified atom stereocenters. The van der Waals surface area contributed by atoms with E-state index in [1.807, 2.05) is 0 Å². The summed E-state index contributed by atoms with van der Waals surface area (Å²) in [6.45, 7) is 2.35. The number of nitrogens with one attached hydrogen (secondary N) is 1. The molecule has 0 amide bonds. The van der Waals surface area contributed by atoms with Crippen molar-refractivity contribution < 1.29 is 17.8 Å².